The summed E-state index contributed by atoms with van der Waals surface area (Å²) in [4.78, 5) is 12.0. The summed E-state index contributed by atoms with van der Waals surface area (Å²) in [5.41, 5.74) is 2.85. The van der Waals surface area contributed by atoms with Crippen molar-refractivity contribution in [3.8, 4) is 5.75 Å². The van der Waals surface area contributed by atoms with Crippen LogP contribution in [0, 0.1) is 19.7 Å². The first-order valence-corrected chi connectivity index (χ1v) is 7.21. The molecule has 0 aliphatic heterocycles. The molecule has 1 N–H and O–H groups in total. The average Bonchev–Trinajstić information content (AvgIpc) is 2.47. The van der Waals surface area contributed by atoms with Crippen LogP contribution in [0.1, 0.15) is 29.7 Å². The van der Waals surface area contributed by atoms with Crippen LogP contribution < -0.4 is 10.1 Å². The Morgan fingerprint density at radius 2 is 1.73 bits per heavy atom. The van der Waals surface area contributed by atoms with E-state index in [2.05, 4.69) is 5.32 Å². The fourth-order valence-corrected chi connectivity index (χ4v) is 2.28. The number of rotatable bonds is 5. The smallest absolute Gasteiger partial charge is 0.258 e. The Labute approximate surface area is 130 Å². The fraction of sp³-hybridized carbons (Fsp3) is 0.278. The van der Waals surface area contributed by atoms with Gasteiger partial charge in [-0.2, -0.15) is 0 Å². The lowest BCUT2D eigenvalue weighted by Crippen LogP contribution is -2.31. The first-order valence-electron chi connectivity index (χ1n) is 7.21. The highest BCUT2D eigenvalue weighted by Crippen LogP contribution is 2.22. The van der Waals surface area contributed by atoms with Gasteiger partial charge < -0.3 is 10.1 Å². The highest BCUT2D eigenvalue weighted by atomic mass is 19.1. The number of benzene rings is 2. The van der Waals surface area contributed by atoms with Gasteiger partial charge in [-0.05, 0) is 49.6 Å². The molecule has 0 bridgehead atoms. The molecule has 0 heterocycles. The third kappa shape index (κ3) is 4.07. The highest BCUT2D eigenvalue weighted by molar-refractivity contribution is 5.78. The summed E-state index contributed by atoms with van der Waals surface area (Å²) < 4.78 is 18.5. The molecule has 0 saturated carbocycles. The molecule has 0 saturated heterocycles. The molecule has 0 aliphatic carbocycles. The number of hydrogen-bond acceptors (Lipinski definition) is 2. The molecule has 0 fully saturated rings. The van der Waals surface area contributed by atoms with Crippen molar-refractivity contribution in [3.63, 3.8) is 0 Å². The fourth-order valence-electron chi connectivity index (χ4n) is 2.28. The van der Waals surface area contributed by atoms with E-state index in [-0.39, 0.29) is 24.4 Å². The van der Waals surface area contributed by atoms with E-state index in [1.165, 1.54) is 12.1 Å². The summed E-state index contributed by atoms with van der Waals surface area (Å²) in [5.74, 6) is 0.243. The maximum absolute atomic E-state index is 12.9. The van der Waals surface area contributed by atoms with Gasteiger partial charge in [0.15, 0.2) is 6.61 Å². The third-order valence-electron chi connectivity index (χ3n) is 3.50. The molecule has 2 aromatic carbocycles. The van der Waals surface area contributed by atoms with Gasteiger partial charge >= 0.3 is 0 Å². The second kappa shape index (κ2) is 7.07. The number of para-hydroxylation sites is 1. The SMILES string of the molecule is Cc1cccc(C)c1OCC(=O)NC(C)c1ccc(F)cc1. The lowest BCUT2D eigenvalue weighted by molar-refractivity contribution is -0.123. The third-order valence-corrected chi connectivity index (χ3v) is 3.50. The number of carbonyl (C=O) groups is 1. The van der Waals surface area contributed by atoms with Crippen molar-refractivity contribution in [2.75, 3.05) is 6.61 Å². The van der Waals surface area contributed by atoms with Crippen molar-refractivity contribution in [1.29, 1.82) is 0 Å². The van der Waals surface area contributed by atoms with Gasteiger partial charge in [0.2, 0.25) is 0 Å². The van der Waals surface area contributed by atoms with E-state index >= 15 is 0 Å². The molecule has 2 rings (SSSR count). The number of carbonyl (C=O) groups excluding carboxylic acids is 1. The zero-order valence-electron chi connectivity index (χ0n) is 13.0. The normalized spacial score (nSPS) is 11.8. The maximum Gasteiger partial charge on any atom is 0.258 e. The largest absolute Gasteiger partial charge is 0.483 e. The molecular weight excluding hydrogens is 281 g/mol. The van der Waals surface area contributed by atoms with Gasteiger partial charge in [0.25, 0.3) is 5.91 Å². The van der Waals surface area contributed by atoms with Gasteiger partial charge in [-0.15, -0.1) is 0 Å². The Hall–Kier alpha value is -2.36. The van der Waals surface area contributed by atoms with Crippen molar-refractivity contribution in [3.05, 3.63) is 65.0 Å². The Balaban J connectivity index is 1.91. The van der Waals surface area contributed by atoms with Gasteiger partial charge in [0.1, 0.15) is 11.6 Å². The van der Waals surface area contributed by atoms with E-state index in [4.69, 9.17) is 4.74 Å². The molecule has 1 unspecified atom stereocenters. The van der Waals surface area contributed by atoms with E-state index < -0.39 is 0 Å². The monoisotopic (exact) mass is 301 g/mol. The molecule has 0 aliphatic rings. The molecule has 4 heteroatoms. The van der Waals surface area contributed by atoms with Crippen LogP contribution in [0.2, 0.25) is 0 Å². The van der Waals surface area contributed by atoms with Crippen LogP contribution in [0.4, 0.5) is 4.39 Å². The summed E-state index contributed by atoms with van der Waals surface area (Å²) in [5, 5.41) is 2.84. The van der Waals surface area contributed by atoms with Crippen LogP contribution in [0.5, 0.6) is 5.75 Å². The zero-order chi connectivity index (χ0) is 16.1. The number of halogens is 1. The topological polar surface area (TPSA) is 38.3 Å². The molecule has 1 atom stereocenters. The molecule has 1 amide bonds. The summed E-state index contributed by atoms with van der Waals surface area (Å²) in [6.45, 7) is 5.70. The van der Waals surface area contributed by atoms with Crippen molar-refractivity contribution < 1.29 is 13.9 Å². The first-order chi connectivity index (χ1) is 10.5. The molecule has 3 nitrogen and oxygen atoms in total. The predicted molar refractivity (Wildman–Crippen MR) is 84.4 cm³/mol. The minimum atomic E-state index is -0.291. The second-order valence-corrected chi connectivity index (χ2v) is 5.35. The Morgan fingerprint density at radius 1 is 1.14 bits per heavy atom. The molecule has 22 heavy (non-hydrogen) atoms. The number of amides is 1. The van der Waals surface area contributed by atoms with E-state index in [0.717, 1.165) is 22.4 Å². The van der Waals surface area contributed by atoms with E-state index in [9.17, 15) is 9.18 Å². The van der Waals surface area contributed by atoms with Gasteiger partial charge in [-0.25, -0.2) is 4.39 Å². The minimum Gasteiger partial charge on any atom is -0.483 e. The van der Waals surface area contributed by atoms with Gasteiger partial charge in [-0.1, -0.05) is 30.3 Å². The van der Waals surface area contributed by atoms with Crippen LogP contribution in [-0.4, -0.2) is 12.5 Å². The maximum atomic E-state index is 12.9. The van der Waals surface area contributed by atoms with E-state index in [0.29, 0.717) is 0 Å². The Bertz CT molecular complexity index is 632. The summed E-state index contributed by atoms with van der Waals surface area (Å²) in [7, 11) is 0. The predicted octanol–water partition coefficient (Wildman–Crippen LogP) is 3.70. The molecule has 0 radical (unpaired) electrons. The van der Waals surface area contributed by atoms with Gasteiger partial charge in [0, 0.05) is 0 Å². The Kier molecular flexibility index (Phi) is 5.15. The number of nitrogens with one attached hydrogen (secondary N) is 1. The molecule has 116 valence electrons. The van der Waals surface area contributed by atoms with Gasteiger partial charge in [-0.3, -0.25) is 4.79 Å². The van der Waals surface area contributed by atoms with E-state index in [1.807, 2.05) is 39.0 Å². The average molecular weight is 301 g/mol. The molecule has 0 aromatic heterocycles. The standard InChI is InChI=1S/C18H20FNO2/c1-12-5-4-6-13(2)18(12)22-11-17(21)20-14(3)15-7-9-16(19)10-8-15/h4-10,14H,11H2,1-3H3,(H,20,21). The Morgan fingerprint density at radius 3 is 2.32 bits per heavy atom. The molecule has 2 aromatic rings. The molecule has 0 spiro atoms. The molecular formula is C18H20FNO2. The van der Waals surface area contributed by atoms with Crippen LogP contribution in [0.3, 0.4) is 0 Å². The van der Waals surface area contributed by atoms with Crippen LogP contribution in [0.25, 0.3) is 0 Å². The minimum absolute atomic E-state index is 0.0444. The van der Waals surface area contributed by atoms with Crippen LogP contribution in [0.15, 0.2) is 42.5 Å². The number of hydrogen-bond donors (Lipinski definition) is 1. The summed E-state index contributed by atoms with van der Waals surface area (Å²) in [6.07, 6.45) is 0. The van der Waals surface area contributed by atoms with Crippen LogP contribution in [-0.2, 0) is 4.79 Å². The lowest BCUT2D eigenvalue weighted by atomic mass is 10.1. The van der Waals surface area contributed by atoms with Crippen molar-refractivity contribution in [2.45, 2.75) is 26.8 Å². The second-order valence-electron chi connectivity index (χ2n) is 5.35. The van der Waals surface area contributed by atoms with Crippen molar-refractivity contribution in [1.82, 2.24) is 5.32 Å². The summed E-state index contributed by atoms with van der Waals surface area (Å²) in [6, 6.07) is 11.7. The van der Waals surface area contributed by atoms with Gasteiger partial charge in [0.05, 0.1) is 6.04 Å². The summed E-state index contributed by atoms with van der Waals surface area (Å²) >= 11 is 0. The van der Waals surface area contributed by atoms with Crippen LogP contribution >= 0.6 is 0 Å². The van der Waals surface area contributed by atoms with Crippen molar-refractivity contribution >= 4 is 5.91 Å². The quantitative estimate of drug-likeness (QED) is 0.914. The highest BCUT2D eigenvalue weighted by Gasteiger charge is 2.11. The van der Waals surface area contributed by atoms with E-state index in [1.54, 1.807) is 12.1 Å². The lowest BCUT2D eigenvalue weighted by Gasteiger charge is -2.16. The van der Waals surface area contributed by atoms with Crippen molar-refractivity contribution in [2.24, 2.45) is 0 Å². The number of aryl methyl sites for hydroxylation is 2. The number of ether oxygens (including phenoxy) is 1. The first kappa shape index (κ1) is 16.0. The zero-order valence-corrected chi connectivity index (χ0v) is 13.0.